The second-order valence-corrected chi connectivity index (χ2v) is 6.32. The molecule has 0 aliphatic carbocycles. The van der Waals surface area contributed by atoms with E-state index in [4.69, 9.17) is 26.8 Å². The van der Waals surface area contributed by atoms with E-state index in [9.17, 15) is 5.11 Å². The van der Waals surface area contributed by atoms with Gasteiger partial charge in [-0.05, 0) is 25.0 Å². The van der Waals surface area contributed by atoms with Gasteiger partial charge in [-0.15, -0.1) is 0 Å². The average Bonchev–Trinajstić information content (AvgIpc) is 2.80. The van der Waals surface area contributed by atoms with Crippen molar-refractivity contribution in [3.8, 4) is 11.5 Å². The molecule has 1 atom stereocenters. The van der Waals surface area contributed by atoms with Crippen LogP contribution in [0.2, 0.25) is 5.02 Å². The summed E-state index contributed by atoms with van der Waals surface area (Å²) in [5.74, 6) is 1.32. The lowest BCUT2D eigenvalue weighted by molar-refractivity contribution is 0.134. The monoisotopic (exact) mass is 364 g/mol. The van der Waals surface area contributed by atoms with Crippen LogP contribution in [0.5, 0.6) is 11.5 Å². The Kier molecular flexibility index (Phi) is 5.15. The van der Waals surface area contributed by atoms with Gasteiger partial charge in [0.15, 0.2) is 11.5 Å². The van der Waals surface area contributed by atoms with E-state index < -0.39 is 0 Å². The molecular formula is C17H21ClN4O3. The first-order valence-electron chi connectivity index (χ1n) is 8.01. The molecule has 0 bridgehead atoms. The van der Waals surface area contributed by atoms with Crippen LogP contribution in [0.1, 0.15) is 23.7 Å². The number of aromatic nitrogens is 2. The van der Waals surface area contributed by atoms with Crippen molar-refractivity contribution < 1.29 is 14.6 Å². The van der Waals surface area contributed by atoms with E-state index in [1.807, 2.05) is 13.0 Å². The normalized spacial score (nSPS) is 18.0. The van der Waals surface area contributed by atoms with Crippen LogP contribution < -0.4 is 15.4 Å². The van der Waals surface area contributed by atoms with Crippen molar-refractivity contribution in [3.63, 3.8) is 0 Å². The number of nitrogens with two attached hydrogens (primary N) is 1. The number of nitrogens with zero attached hydrogens (tertiary/aromatic N) is 3. The molecule has 0 amide bonds. The van der Waals surface area contributed by atoms with Crippen LogP contribution in [0.3, 0.4) is 0 Å². The fraction of sp³-hybridized carbons (Fsp3) is 0.412. The standard InChI is InChI=1S/C17H21ClN4O3/c1-10-6-16(21-17(19)20-10)22-4-3-5-25-9-13(22)11-7-15(24-2)14(23)8-12(11)18/h6-8,13,23H,3-5,9H2,1-2H3,(H2,19,20,21)/t13-/m1/s1. The van der Waals surface area contributed by atoms with Gasteiger partial charge in [-0.2, -0.15) is 4.98 Å². The Bertz CT molecular complexity index is 752. The van der Waals surface area contributed by atoms with Crippen molar-refractivity contribution in [3.05, 3.63) is 34.5 Å². The molecule has 0 saturated carbocycles. The largest absolute Gasteiger partial charge is 0.504 e. The van der Waals surface area contributed by atoms with E-state index in [1.165, 1.54) is 13.2 Å². The minimum Gasteiger partial charge on any atom is -0.504 e. The SMILES string of the molecule is COc1cc([C@H]2COCCCN2c2cc(C)nc(N)n2)c(Cl)cc1O. The molecule has 0 unspecified atom stereocenters. The number of rotatable bonds is 3. The summed E-state index contributed by atoms with van der Waals surface area (Å²) in [7, 11) is 1.50. The van der Waals surface area contributed by atoms with E-state index in [-0.39, 0.29) is 17.7 Å². The Morgan fingerprint density at radius 1 is 1.36 bits per heavy atom. The number of ether oxygens (including phenoxy) is 2. The van der Waals surface area contributed by atoms with Crippen LogP contribution in [0.4, 0.5) is 11.8 Å². The number of nitrogen functional groups attached to an aromatic ring is 1. The van der Waals surface area contributed by atoms with Crippen LogP contribution in [-0.2, 0) is 4.74 Å². The average molecular weight is 365 g/mol. The molecule has 0 radical (unpaired) electrons. The number of phenols is 1. The van der Waals surface area contributed by atoms with Gasteiger partial charge in [0.25, 0.3) is 0 Å². The van der Waals surface area contributed by atoms with Gasteiger partial charge in [0.1, 0.15) is 5.82 Å². The van der Waals surface area contributed by atoms with Crippen molar-refractivity contribution >= 4 is 23.4 Å². The highest BCUT2D eigenvalue weighted by atomic mass is 35.5. The molecule has 7 nitrogen and oxygen atoms in total. The highest BCUT2D eigenvalue weighted by molar-refractivity contribution is 6.31. The number of benzene rings is 1. The fourth-order valence-corrected chi connectivity index (χ4v) is 3.29. The van der Waals surface area contributed by atoms with Crippen LogP contribution in [0, 0.1) is 6.92 Å². The lowest BCUT2D eigenvalue weighted by Crippen LogP contribution is -2.32. The Hall–Kier alpha value is -2.25. The molecule has 1 aliphatic rings. The maximum absolute atomic E-state index is 9.93. The fourth-order valence-electron chi connectivity index (χ4n) is 3.01. The molecule has 8 heteroatoms. The van der Waals surface area contributed by atoms with E-state index in [1.54, 1.807) is 6.07 Å². The molecule has 1 saturated heterocycles. The maximum Gasteiger partial charge on any atom is 0.222 e. The topological polar surface area (TPSA) is 93.7 Å². The van der Waals surface area contributed by atoms with Crippen molar-refractivity contribution in [1.82, 2.24) is 9.97 Å². The highest BCUT2D eigenvalue weighted by Crippen LogP contribution is 2.39. The molecule has 25 heavy (non-hydrogen) atoms. The second-order valence-electron chi connectivity index (χ2n) is 5.91. The molecule has 1 fully saturated rings. The summed E-state index contributed by atoms with van der Waals surface area (Å²) in [5.41, 5.74) is 7.42. The zero-order valence-electron chi connectivity index (χ0n) is 14.2. The first kappa shape index (κ1) is 17.6. The smallest absolute Gasteiger partial charge is 0.222 e. The Morgan fingerprint density at radius 3 is 2.88 bits per heavy atom. The van der Waals surface area contributed by atoms with Crippen molar-refractivity contribution in [2.24, 2.45) is 0 Å². The number of hydrogen-bond acceptors (Lipinski definition) is 7. The number of aryl methyl sites for hydroxylation is 1. The maximum atomic E-state index is 9.93. The number of methoxy groups -OCH3 is 1. The van der Waals surface area contributed by atoms with Crippen LogP contribution in [0.15, 0.2) is 18.2 Å². The van der Waals surface area contributed by atoms with Gasteiger partial charge in [-0.25, -0.2) is 4.98 Å². The van der Waals surface area contributed by atoms with E-state index in [0.717, 1.165) is 30.0 Å². The summed E-state index contributed by atoms with van der Waals surface area (Å²) in [6.07, 6.45) is 0.853. The second kappa shape index (κ2) is 7.33. The van der Waals surface area contributed by atoms with Gasteiger partial charge in [0.05, 0.1) is 19.8 Å². The number of phenolic OH excluding ortho intramolecular Hbond substituents is 1. The third-order valence-electron chi connectivity index (χ3n) is 4.15. The van der Waals surface area contributed by atoms with Crippen LogP contribution in [0.25, 0.3) is 0 Å². The number of halogens is 1. The summed E-state index contributed by atoms with van der Waals surface area (Å²) in [4.78, 5) is 10.6. The molecule has 134 valence electrons. The van der Waals surface area contributed by atoms with Crippen molar-refractivity contribution in [2.45, 2.75) is 19.4 Å². The highest BCUT2D eigenvalue weighted by Gasteiger charge is 2.28. The first-order valence-corrected chi connectivity index (χ1v) is 8.39. The zero-order valence-corrected chi connectivity index (χ0v) is 15.0. The van der Waals surface area contributed by atoms with E-state index in [2.05, 4.69) is 14.9 Å². The molecule has 3 rings (SSSR count). The van der Waals surface area contributed by atoms with Crippen molar-refractivity contribution in [1.29, 1.82) is 0 Å². The molecule has 2 heterocycles. The van der Waals surface area contributed by atoms with E-state index in [0.29, 0.717) is 24.0 Å². The third kappa shape index (κ3) is 3.72. The molecule has 1 aromatic carbocycles. The summed E-state index contributed by atoms with van der Waals surface area (Å²) in [6.45, 7) is 3.71. The van der Waals surface area contributed by atoms with E-state index >= 15 is 0 Å². The molecule has 1 aromatic heterocycles. The zero-order chi connectivity index (χ0) is 18.0. The summed E-state index contributed by atoms with van der Waals surface area (Å²) >= 11 is 6.41. The molecule has 0 spiro atoms. The van der Waals surface area contributed by atoms with Gasteiger partial charge < -0.3 is 25.2 Å². The molecule has 3 N–H and O–H groups in total. The van der Waals surface area contributed by atoms with Crippen LogP contribution in [-0.4, -0.2) is 41.9 Å². The van der Waals surface area contributed by atoms with Gasteiger partial charge in [-0.1, -0.05) is 11.6 Å². The predicted molar refractivity (Wildman–Crippen MR) is 96.4 cm³/mol. The molecule has 2 aromatic rings. The quantitative estimate of drug-likeness (QED) is 0.864. The molecule has 1 aliphatic heterocycles. The number of hydrogen-bond donors (Lipinski definition) is 2. The Morgan fingerprint density at radius 2 is 2.16 bits per heavy atom. The van der Waals surface area contributed by atoms with Crippen LogP contribution >= 0.6 is 11.6 Å². The van der Waals surface area contributed by atoms with Gasteiger partial charge in [0.2, 0.25) is 5.95 Å². The van der Waals surface area contributed by atoms with Gasteiger partial charge in [-0.3, -0.25) is 0 Å². The minimum absolute atomic E-state index is 0.000495. The van der Waals surface area contributed by atoms with Gasteiger partial charge >= 0.3 is 0 Å². The molecular weight excluding hydrogens is 344 g/mol. The summed E-state index contributed by atoms with van der Waals surface area (Å²) < 4.78 is 11.0. The Balaban J connectivity index is 2.07. The third-order valence-corrected chi connectivity index (χ3v) is 4.48. The number of aromatic hydroxyl groups is 1. The predicted octanol–water partition coefficient (Wildman–Crippen LogP) is 2.70. The Labute approximate surface area is 151 Å². The summed E-state index contributed by atoms with van der Waals surface area (Å²) in [6, 6.07) is 4.93. The lowest BCUT2D eigenvalue weighted by Gasteiger charge is -2.31. The van der Waals surface area contributed by atoms with Gasteiger partial charge in [0, 0.05) is 36.0 Å². The number of anilines is 2. The summed E-state index contributed by atoms with van der Waals surface area (Å²) in [5, 5.41) is 10.4. The first-order chi connectivity index (χ1) is 12.0. The lowest BCUT2D eigenvalue weighted by atomic mass is 10.0. The van der Waals surface area contributed by atoms with Crippen molar-refractivity contribution in [2.75, 3.05) is 37.5 Å². The minimum atomic E-state index is -0.182.